The first-order valence-corrected chi connectivity index (χ1v) is 6.71. The van der Waals surface area contributed by atoms with Crippen LogP contribution in [0.3, 0.4) is 0 Å². The van der Waals surface area contributed by atoms with Crippen molar-refractivity contribution in [3.8, 4) is 5.75 Å². The van der Waals surface area contributed by atoms with E-state index in [2.05, 4.69) is 48.3 Å². The maximum absolute atomic E-state index is 5.82. The van der Waals surface area contributed by atoms with E-state index in [0.29, 0.717) is 5.92 Å². The number of anilines is 1. The molecule has 0 unspecified atom stereocenters. The fourth-order valence-electron chi connectivity index (χ4n) is 1.86. The van der Waals surface area contributed by atoms with Gasteiger partial charge in [0, 0.05) is 26.0 Å². The zero-order valence-electron chi connectivity index (χ0n) is 11.9. The number of nitrogens with one attached hydrogen (secondary N) is 1. The minimum atomic E-state index is 0.530. The van der Waals surface area contributed by atoms with E-state index in [1.807, 2.05) is 25.2 Å². The molecule has 1 aromatic heterocycles. The Morgan fingerprint density at radius 2 is 2.00 bits per heavy atom. The van der Waals surface area contributed by atoms with Crippen LogP contribution in [0.25, 0.3) is 0 Å². The number of benzene rings is 1. The molecule has 19 heavy (non-hydrogen) atoms. The largest absolute Gasteiger partial charge is 0.491 e. The molecule has 3 nitrogen and oxygen atoms in total. The minimum absolute atomic E-state index is 0.530. The van der Waals surface area contributed by atoms with Gasteiger partial charge in [-0.15, -0.1) is 0 Å². The number of aromatic nitrogens is 1. The van der Waals surface area contributed by atoms with Crippen molar-refractivity contribution < 1.29 is 4.74 Å². The molecule has 0 fully saturated rings. The number of nitrogens with zero attached hydrogens (tertiary/aromatic N) is 1. The van der Waals surface area contributed by atoms with Gasteiger partial charge in [-0.2, -0.15) is 0 Å². The molecule has 1 aromatic carbocycles. The molecule has 0 aliphatic heterocycles. The molecule has 0 aliphatic carbocycles. The molecule has 0 saturated carbocycles. The predicted molar refractivity (Wildman–Crippen MR) is 79.5 cm³/mol. The molecule has 0 spiro atoms. The lowest BCUT2D eigenvalue weighted by molar-refractivity contribution is 0.272. The second-order valence-electron chi connectivity index (χ2n) is 5.24. The molecular weight excluding hydrogens is 236 g/mol. The quantitative estimate of drug-likeness (QED) is 0.855. The summed E-state index contributed by atoms with van der Waals surface area (Å²) in [6.45, 7) is 5.85. The van der Waals surface area contributed by atoms with Crippen molar-refractivity contribution in [3.05, 3.63) is 48.3 Å². The van der Waals surface area contributed by atoms with Gasteiger partial charge in [-0.3, -0.25) is 0 Å². The average molecular weight is 258 g/mol. The number of ether oxygens (including phenoxy) is 1. The van der Waals surface area contributed by atoms with Crippen molar-refractivity contribution >= 4 is 5.69 Å². The van der Waals surface area contributed by atoms with Gasteiger partial charge in [0.2, 0.25) is 0 Å². The molecule has 0 saturated heterocycles. The van der Waals surface area contributed by atoms with Gasteiger partial charge in [0.05, 0.1) is 12.3 Å². The third-order valence-electron chi connectivity index (χ3n) is 2.84. The zero-order valence-corrected chi connectivity index (χ0v) is 11.9. The van der Waals surface area contributed by atoms with Crippen LogP contribution in [0.4, 0.5) is 5.69 Å². The molecule has 0 aliphatic rings. The molecule has 2 aromatic rings. The SMILES string of the molecule is CC(C)COc1ccccc1NCc1ccn(C)c1. The van der Waals surface area contributed by atoms with E-state index in [4.69, 9.17) is 4.74 Å². The highest BCUT2D eigenvalue weighted by molar-refractivity contribution is 5.56. The second-order valence-corrected chi connectivity index (χ2v) is 5.24. The Labute approximate surface area is 115 Å². The summed E-state index contributed by atoms with van der Waals surface area (Å²) in [7, 11) is 2.03. The van der Waals surface area contributed by atoms with Crippen LogP contribution >= 0.6 is 0 Å². The van der Waals surface area contributed by atoms with E-state index >= 15 is 0 Å². The summed E-state index contributed by atoms with van der Waals surface area (Å²) < 4.78 is 7.88. The van der Waals surface area contributed by atoms with E-state index in [9.17, 15) is 0 Å². The number of para-hydroxylation sites is 2. The van der Waals surface area contributed by atoms with Gasteiger partial charge in [-0.25, -0.2) is 0 Å². The highest BCUT2D eigenvalue weighted by atomic mass is 16.5. The van der Waals surface area contributed by atoms with E-state index < -0.39 is 0 Å². The lowest BCUT2D eigenvalue weighted by atomic mass is 10.2. The Morgan fingerprint density at radius 1 is 1.21 bits per heavy atom. The Hall–Kier alpha value is -1.90. The third kappa shape index (κ3) is 4.05. The van der Waals surface area contributed by atoms with Gasteiger partial charge in [0.1, 0.15) is 5.75 Å². The zero-order chi connectivity index (χ0) is 13.7. The monoisotopic (exact) mass is 258 g/mol. The summed E-state index contributed by atoms with van der Waals surface area (Å²) in [6, 6.07) is 10.2. The van der Waals surface area contributed by atoms with Crippen molar-refractivity contribution in [2.24, 2.45) is 13.0 Å². The molecule has 2 rings (SSSR count). The molecule has 1 N–H and O–H groups in total. The standard InChI is InChI=1S/C16H22N2O/c1-13(2)12-19-16-7-5-4-6-15(16)17-10-14-8-9-18(3)11-14/h4-9,11,13,17H,10,12H2,1-3H3. The summed E-state index contributed by atoms with van der Waals surface area (Å²) in [6.07, 6.45) is 4.17. The van der Waals surface area contributed by atoms with Gasteiger partial charge in [0.25, 0.3) is 0 Å². The van der Waals surface area contributed by atoms with Crippen molar-refractivity contribution in [3.63, 3.8) is 0 Å². The molecule has 0 radical (unpaired) electrons. The fraction of sp³-hybridized carbons (Fsp3) is 0.375. The summed E-state index contributed by atoms with van der Waals surface area (Å²) >= 11 is 0. The lowest BCUT2D eigenvalue weighted by Gasteiger charge is -2.14. The van der Waals surface area contributed by atoms with Crippen LogP contribution in [0, 0.1) is 5.92 Å². The Kier molecular flexibility index (Phi) is 4.50. The van der Waals surface area contributed by atoms with Gasteiger partial charge in [0.15, 0.2) is 0 Å². The van der Waals surface area contributed by atoms with Gasteiger partial charge >= 0.3 is 0 Å². The van der Waals surface area contributed by atoms with Crippen LogP contribution in [0.15, 0.2) is 42.7 Å². The number of hydrogen-bond donors (Lipinski definition) is 1. The smallest absolute Gasteiger partial charge is 0.142 e. The van der Waals surface area contributed by atoms with E-state index in [1.54, 1.807) is 0 Å². The van der Waals surface area contributed by atoms with E-state index in [1.165, 1.54) is 5.56 Å². The Bertz CT molecular complexity index is 517. The summed E-state index contributed by atoms with van der Waals surface area (Å²) in [4.78, 5) is 0. The van der Waals surface area contributed by atoms with Crippen molar-refractivity contribution in [2.45, 2.75) is 20.4 Å². The van der Waals surface area contributed by atoms with Gasteiger partial charge in [-0.05, 0) is 29.7 Å². The summed E-state index contributed by atoms with van der Waals surface area (Å²) in [5.74, 6) is 1.45. The Morgan fingerprint density at radius 3 is 2.68 bits per heavy atom. The van der Waals surface area contributed by atoms with Crippen LogP contribution in [-0.2, 0) is 13.6 Å². The third-order valence-corrected chi connectivity index (χ3v) is 2.84. The number of rotatable bonds is 6. The molecule has 1 heterocycles. The van der Waals surface area contributed by atoms with Crippen LogP contribution in [0.5, 0.6) is 5.75 Å². The molecule has 102 valence electrons. The highest BCUT2D eigenvalue weighted by Gasteiger charge is 2.04. The van der Waals surface area contributed by atoms with E-state index in [-0.39, 0.29) is 0 Å². The molecule has 3 heteroatoms. The topological polar surface area (TPSA) is 26.2 Å². The first-order chi connectivity index (χ1) is 9.15. The average Bonchev–Trinajstić information content (AvgIpc) is 2.80. The number of aryl methyl sites for hydroxylation is 1. The van der Waals surface area contributed by atoms with Crippen LogP contribution in [-0.4, -0.2) is 11.2 Å². The Balaban J connectivity index is 1.99. The maximum atomic E-state index is 5.82. The normalized spacial score (nSPS) is 10.7. The lowest BCUT2D eigenvalue weighted by Crippen LogP contribution is -2.07. The minimum Gasteiger partial charge on any atom is -0.491 e. The summed E-state index contributed by atoms with van der Waals surface area (Å²) in [5.41, 5.74) is 2.31. The van der Waals surface area contributed by atoms with Crippen LogP contribution in [0.2, 0.25) is 0 Å². The first-order valence-electron chi connectivity index (χ1n) is 6.71. The fourth-order valence-corrected chi connectivity index (χ4v) is 1.86. The van der Waals surface area contributed by atoms with Gasteiger partial charge in [-0.1, -0.05) is 26.0 Å². The highest BCUT2D eigenvalue weighted by Crippen LogP contribution is 2.24. The second kappa shape index (κ2) is 6.32. The van der Waals surface area contributed by atoms with Crippen molar-refractivity contribution in [2.75, 3.05) is 11.9 Å². The van der Waals surface area contributed by atoms with Gasteiger partial charge < -0.3 is 14.6 Å². The first kappa shape index (κ1) is 13.5. The van der Waals surface area contributed by atoms with E-state index in [0.717, 1.165) is 24.6 Å². The van der Waals surface area contributed by atoms with Crippen molar-refractivity contribution in [1.82, 2.24) is 4.57 Å². The number of hydrogen-bond acceptors (Lipinski definition) is 2. The molecule has 0 bridgehead atoms. The summed E-state index contributed by atoms with van der Waals surface area (Å²) in [5, 5.41) is 3.43. The van der Waals surface area contributed by atoms with Crippen LogP contribution < -0.4 is 10.1 Å². The predicted octanol–water partition coefficient (Wildman–Crippen LogP) is 3.67. The molecular formula is C16H22N2O. The molecule has 0 atom stereocenters. The maximum Gasteiger partial charge on any atom is 0.142 e. The van der Waals surface area contributed by atoms with Crippen LogP contribution in [0.1, 0.15) is 19.4 Å². The van der Waals surface area contributed by atoms with Crippen molar-refractivity contribution in [1.29, 1.82) is 0 Å². The molecule has 0 amide bonds.